The van der Waals surface area contributed by atoms with Gasteiger partial charge in [0, 0.05) is 19.6 Å². The molecule has 0 amide bonds. The van der Waals surface area contributed by atoms with Gasteiger partial charge in [-0.25, -0.2) is 0 Å². The molecule has 1 aromatic rings. The van der Waals surface area contributed by atoms with Crippen LogP contribution < -0.4 is 0 Å². The summed E-state index contributed by atoms with van der Waals surface area (Å²) in [6.07, 6.45) is 0. The minimum Gasteiger partial charge on any atom is -0.461 e. The van der Waals surface area contributed by atoms with Gasteiger partial charge < -0.3 is 14.9 Å². The molecule has 0 radical (unpaired) electrons. The minimum atomic E-state index is -0.295. The Morgan fingerprint density at radius 1 is 1.20 bits per heavy atom. The summed E-state index contributed by atoms with van der Waals surface area (Å²) < 4.78 is 5.26. The van der Waals surface area contributed by atoms with Crippen LogP contribution in [0.2, 0.25) is 0 Å². The summed E-state index contributed by atoms with van der Waals surface area (Å²) in [6.45, 7) is 3.42. The SMILES string of the molecule is CC(CN(CCO)CCO)C(=O)OCc1ccccc1. The smallest absolute Gasteiger partial charge is 0.310 e. The second kappa shape index (κ2) is 9.47. The van der Waals surface area contributed by atoms with Crippen molar-refractivity contribution in [2.45, 2.75) is 13.5 Å². The molecule has 0 heterocycles. The molecule has 5 heteroatoms. The van der Waals surface area contributed by atoms with Crippen LogP contribution >= 0.6 is 0 Å². The highest BCUT2D eigenvalue weighted by molar-refractivity contribution is 5.72. The van der Waals surface area contributed by atoms with E-state index in [0.717, 1.165) is 5.56 Å². The number of benzene rings is 1. The van der Waals surface area contributed by atoms with E-state index >= 15 is 0 Å². The zero-order valence-corrected chi connectivity index (χ0v) is 11.9. The lowest BCUT2D eigenvalue weighted by Gasteiger charge is -2.23. The highest BCUT2D eigenvalue weighted by Gasteiger charge is 2.18. The topological polar surface area (TPSA) is 70.0 Å². The Morgan fingerprint density at radius 3 is 2.35 bits per heavy atom. The predicted octanol–water partition coefficient (Wildman–Crippen LogP) is 0.652. The molecule has 0 saturated heterocycles. The monoisotopic (exact) mass is 281 g/mol. The van der Waals surface area contributed by atoms with Crippen LogP contribution in [0.15, 0.2) is 30.3 Å². The Balaban J connectivity index is 2.37. The molecule has 0 spiro atoms. The van der Waals surface area contributed by atoms with Gasteiger partial charge in [-0.1, -0.05) is 37.3 Å². The van der Waals surface area contributed by atoms with Gasteiger partial charge in [-0.3, -0.25) is 9.69 Å². The molecule has 0 fully saturated rings. The van der Waals surface area contributed by atoms with Gasteiger partial charge in [0.15, 0.2) is 0 Å². The van der Waals surface area contributed by atoms with E-state index in [1.54, 1.807) is 6.92 Å². The molecule has 0 aliphatic heterocycles. The highest BCUT2D eigenvalue weighted by atomic mass is 16.5. The van der Waals surface area contributed by atoms with Crippen molar-refractivity contribution in [3.8, 4) is 0 Å². The van der Waals surface area contributed by atoms with E-state index in [-0.39, 0.29) is 31.7 Å². The van der Waals surface area contributed by atoms with Gasteiger partial charge in [0.2, 0.25) is 0 Å². The molecule has 1 aromatic carbocycles. The molecular formula is C15H23NO4. The fourth-order valence-electron chi connectivity index (χ4n) is 1.91. The largest absolute Gasteiger partial charge is 0.461 e. The molecule has 1 atom stereocenters. The Morgan fingerprint density at radius 2 is 1.80 bits per heavy atom. The first-order valence-corrected chi connectivity index (χ1v) is 6.82. The van der Waals surface area contributed by atoms with Crippen LogP contribution in [0.1, 0.15) is 12.5 Å². The maximum Gasteiger partial charge on any atom is 0.310 e. The summed E-state index contributed by atoms with van der Waals surface area (Å²) in [5.74, 6) is -0.563. The summed E-state index contributed by atoms with van der Waals surface area (Å²) in [7, 11) is 0. The van der Waals surface area contributed by atoms with Crippen LogP contribution in [-0.2, 0) is 16.1 Å². The Bertz CT molecular complexity index is 377. The zero-order valence-electron chi connectivity index (χ0n) is 11.9. The lowest BCUT2D eigenvalue weighted by molar-refractivity contribution is -0.150. The number of carbonyl (C=O) groups is 1. The molecule has 2 N–H and O–H groups in total. The number of hydrogen-bond donors (Lipinski definition) is 2. The molecule has 0 aromatic heterocycles. The van der Waals surface area contributed by atoms with Gasteiger partial charge in [0.05, 0.1) is 19.1 Å². The summed E-state index contributed by atoms with van der Waals surface area (Å²) in [5, 5.41) is 17.9. The Labute approximate surface area is 119 Å². The van der Waals surface area contributed by atoms with Crippen LogP contribution in [-0.4, -0.2) is 53.9 Å². The number of aliphatic hydroxyl groups is 2. The molecule has 0 aliphatic rings. The van der Waals surface area contributed by atoms with E-state index in [1.165, 1.54) is 0 Å². The summed E-state index contributed by atoms with van der Waals surface area (Å²) in [4.78, 5) is 13.7. The van der Waals surface area contributed by atoms with E-state index in [2.05, 4.69) is 0 Å². The molecule has 1 unspecified atom stereocenters. The van der Waals surface area contributed by atoms with Crippen molar-refractivity contribution in [1.82, 2.24) is 4.90 Å². The maximum atomic E-state index is 11.9. The minimum absolute atomic E-state index is 0.00574. The van der Waals surface area contributed by atoms with Crippen molar-refractivity contribution in [2.24, 2.45) is 5.92 Å². The zero-order chi connectivity index (χ0) is 14.8. The first-order valence-electron chi connectivity index (χ1n) is 6.82. The molecule has 1 rings (SSSR count). The predicted molar refractivity (Wildman–Crippen MR) is 76.0 cm³/mol. The van der Waals surface area contributed by atoms with Crippen molar-refractivity contribution in [1.29, 1.82) is 0 Å². The summed E-state index contributed by atoms with van der Waals surface area (Å²) in [6, 6.07) is 9.52. The van der Waals surface area contributed by atoms with E-state index in [1.807, 2.05) is 35.2 Å². The molecule has 0 saturated carbocycles. The standard InChI is InChI=1S/C15H23NO4/c1-13(11-16(7-9-17)8-10-18)15(19)20-12-14-5-3-2-4-6-14/h2-6,13,17-18H,7-12H2,1H3. The van der Waals surface area contributed by atoms with Crippen LogP contribution in [0.25, 0.3) is 0 Å². The number of hydrogen-bond acceptors (Lipinski definition) is 5. The van der Waals surface area contributed by atoms with Crippen molar-refractivity contribution < 1.29 is 19.7 Å². The maximum absolute atomic E-state index is 11.9. The van der Waals surface area contributed by atoms with E-state index in [4.69, 9.17) is 14.9 Å². The molecule has 5 nitrogen and oxygen atoms in total. The fraction of sp³-hybridized carbons (Fsp3) is 0.533. The van der Waals surface area contributed by atoms with Crippen molar-refractivity contribution >= 4 is 5.97 Å². The van der Waals surface area contributed by atoms with Crippen LogP contribution in [0.3, 0.4) is 0 Å². The number of carbonyl (C=O) groups excluding carboxylic acids is 1. The number of aliphatic hydroxyl groups excluding tert-OH is 2. The van der Waals surface area contributed by atoms with Crippen LogP contribution in [0.4, 0.5) is 0 Å². The molecular weight excluding hydrogens is 258 g/mol. The van der Waals surface area contributed by atoms with Crippen LogP contribution in [0, 0.1) is 5.92 Å². The Hall–Kier alpha value is -1.43. The third-order valence-corrected chi connectivity index (χ3v) is 2.99. The third-order valence-electron chi connectivity index (χ3n) is 2.99. The average molecular weight is 281 g/mol. The summed E-state index contributed by atoms with van der Waals surface area (Å²) >= 11 is 0. The second-order valence-electron chi connectivity index (χ2n) is 4.74. The number of rotatable bonds is 9. The van der Waals surface area contributed by atoms with Crippen molar-refractivity contribution in [3.63, 3.8) is 0 Å². The van der Waals surface area contributed by atoms with E-state index in [0.29, 0.717) is 19.6 Å². The normalized spacial score (nSPS) is 12.4. The molecule has 112 valence electrons. The van der Waals surface area contributed by atoms with Gasteiger partial charge >= 0.3 is 5.97 Å². The van der Waals surface area contributed by atoms with Gasteiger partial charge in [-0.15, -0.1) is 0 Å². The third kappa shape index (κ3) is 6.14. The number of nitrogens with zero attached hydrogens (tertiary/aromatic N) is 1. The van der Waals surface area contributed by atoms with Gasteiger partial charge in [-0.05, 0) is 5.56 Å². The average Bonchev–Trinajstić information content (AvgIpc) is 2.46. The fourth-order valence-corrected chi connectivity index (χ4v) is 1.91. The Kier molecular flexibility index (Phi) is 7.87. The lowest BCUT2D eigenvalue weighted by Crippen LogP contribution is -2.36. The molecule has 0 aliphatic carbocycles. The first-order chi connectivity index (χ1) is 9.67. The number of esters is 1. The highest BCUT2D eigenvalue weighted by Crippen LogP contribution is 2.06. The van der Waals surface area contributed by atoms with Gasteiger partial charge in [0.1, 0.15) is 6.61 Å². The van der Waals surface area contributed by atoms with E-state index < -0.39 is 0 Å². The van der Waals surface area contributed by atoms with Gasteiger partial charge in [0.25, 0.3) is 0 Å². The molecule has 0 bridgehead atoms. The molecule has 20 heavy (non-hydrogen) atoms. The van der Waals surface area contributed by atoms with Crippen molar-refractivity contribution in [3.05, 3.63) is 35.9 Å². The number of ether oxygens (including phenoxy) is 1. The van der Waals surface area contributed by atoms with E-state index in [9.17, 15) is 4.79 Å². The second-order valence-corrected chi connectivity index (χ2v) is 4.74. The van der Waals surface area contributed by atoms with Gasteiger partial charge in [-0.2, -0.15) is 0 Å². The van der Waals surface area contributed by atoms with Crippen molar-refractivity contribution in [2.75, 3.05) is 32.8 Å². The summed E-state index contributed by atoms with van der Waals surface area (Å²) in [5.41, 5.74) is 0.954. The first kappa shape index (κ1) is 16.6. The lowest BCUT2D eigenvalue weighted by atomic mass is 10.1. The quantitative estimate of drug-likeness (QED) is 0.651. The van der Waals surface area contributed by atoms with Crippen LogP contribution in [0.5, 0.6) is 0 Å².